The molecule has 0 aromatic rings. The van der Waals surface area contributed by atoms with E-state index >= 15 is 0 Å². The maximum Gasteiger partial charge on any atom is 2.00 e. The Morgan fingerprint density at radius 2 is 0.800 bits per heavy atom. The summed E-state index contributed by atoms with van der Waals surface area (Å²) in [5.74, 6) is 0. The van der Waals surface area contributed by atoms with E-state index < -0.39 is 10.2 Å². The van der Waals surface area contributed by atoms with Crippen molar-refractivity contribution in [1.29, 1.82) is 0 Å². The molecule has 10 heteroatoms. The average Bonchev–Trinajstić information content (AvgIpc) is 1.25. The minimum Gasteiger partial charge on any atom is -0.356 e. The largest absolute Gasteiger partial charge is 2.00 e. The molecule has 0 heterocycles. The number of nitrogens with zero attached hydrogens (tertiary/aromatic N) is 2. The first kappa shape index (κ1) is 22.6. The molecule has 8 nitrogen and oxygen atoms in total. The third kappa shape index (κ3) is 8110. The fourth-order valence-corrected chi connectivity index (χ4v) is 0. The van der Waals surface area contributed by atoms with Crippen molar-refractivity contribution in [2.75, 3.05) is 0 Å². The molecule has 0 aliphatic carbocycles. The molecule has 0 aliphatic rings. The SMILES string of the molecule is O=[N+]([O-])[O-].O=[N+]([O-])[O-].[Mg+2].[Zn]. The summed E-state index contributed by atoms with van der Waals surface area (Å²) >= 11 is 0. The summed E-state index contributed by atoms with van der Waals surface area (Å²) in [5, 5.41) is 29.5. The Kier molecular flexibility index (Phi) is 35.9. The molecular formula is MgN2O6Zn. The van der Waals surface area contributed by atoms with E-state index in [0.717, 1.165) is 0 Å². The van der Waals surface area contributed by atoms with Gasteiger partial charge in [-0.25, -0.2) is 0 Å². The molecule has 0 spiro atoms. The molecular weight excluding hydrogens is 214 g/mol. The summed E-state index contributed by atoms with van der Waals surface area (Å²) in [6.07, 6.45) is 0. The molecule has 0 rings (SSSR count). The zero-order chi connectivity index (χ0) is 7.15. The normalized spacial score (nSPS) is 4.80. The molecule has 0 atom stereocenters. The Morgan fingerprint density at radius 1 is 0.800 bits per heavy atom. The Bertz CT molecular complexity index is 73.7. The summed E-state index contributed by atoms with van der Waals surface area (Å²) < 4.78 is 0. The van der Waals surface area contributed by atoms with Gasteiger partial charge in [-0.3, -0.25) is 0 Å². The van der Waals surface area contributed by atoms with E-state index in [0.29, 0.717) is 0 Å². The monoisotopic (exact) mass is 212 g/mol. The van der Waals surface area contributed by atoms with Crippen molar-refractivity contribution in [3.05, 3.63) is 30.6 Å². The molecule has 0 unspecified atom stereocenters. The van der Waals surface area contributed by atoms with E-state index in [2.05, 4.69) is 0 Å². The zero-order valence-electron chi connectivity index (χ0n) is 4.76. The minimum absolute atomic E-state index is 0. The maximum atomic E-state index is 8.25. The van der Waals surface area contributed by atoms with Gasteiger partial charge in [0.25, 0.3) is 0 Å². The standard InChI is InChI=1S/Mg.2NO3.Zn/c;2*2-1(3)4;/q+2;2*-1;. The topological polar surface area (TPSA) is 132 Å². The molecule has 0 aliphatic heterocycles. The van der Waals surface area contributed by atoms with Crippen molar-refractivity contribution in [2.24, 2.45) is 0 Å². The molecule has 10 heavy (non-hydrogen) atoms. The first-order valence-electron chi connectivity index (χ1n) is 1.10. The first-order chi connectivity index (χ1) is 3.46. The third-order valence-electron chi connectivity index (χ3n) is 0. The first-order valence-corrected chi connectivity index (χ1v) is 1.10. The van der Waals surface area contributed by atoms with E-state index in [1.165, 1.54) is 0 Å². The van der Waals surface area contributed by atoms with Crippen molar-refractivity contribution in [1.82, 2.24) is 0 Å². The predicted octanol–water partition coefficient (Wildman–Crippen LogP) is -0.862. The summed E-state index contributed by atoms with van der Waals surface area (Å²) in [4.78, 5) is 16.5. The predicted molar refractivity (Wildman–Crippen MR) is 26.5 cm³/mol. The summed E-state index contributed by atoms with van der Waals surface area (Å²) in [6, 6.07) is 0. The molecule has 0 N–H and O–H groups in total. The molecule has 0 saturated heterocycles. The van der Waals surface area contributed by atoms with Crippen LogP contribution < -0.4 is 0 Å². The quantitative estimate of drug-likeness (QED) is 0.292. The average molecular weight is 214 g/mol. The Labute approximate surface area is 83.3 Å². The van der Waals surface area contributed by atoms with E-state index in [-0.39, 0.29) is 42.5 Å². The van der Waals surface area contributed by atoms with Gasteiger partial charge in [-0.05, 0) is 0 Å². The van der Waals surface area contributed by atoms with Crippen LogP contribution in [0.25, 0.3) is 0 Å². The molecule has 0 fully saturated rings. The molecule has 0 saturated carbocycles. The van der Waals surface area contributed by atoms with Crippen LogP contribution in [0.15, 0.2) is 0 Å². The van der Waals surface area contributed by atoms with E-state index in [1.807, 2.05) is 0 Å². The molecule has 0 aromatic carbocycles. The zero-order valence-corrected chi connectivity index (χ0v) is 9.14. The van der Waals surface area contributed by atoms with Crippen LogP contribution in [0.3, 0.4) is 0 Å². The summed E-state index contributed by atoms with van der Waals surface area (Å²) in [7, 11) is 0. The van der Waals surface area contributed by atoms with Gasteiger partial charge >= 0.3 is 23.1 Å². The Morgan fingerprint density at radius 3 is 0.800 bits per heavy atom. The van der Waals surface area contributed by atoms with Gasteiger partial charge in [0, 0.05) is 19.5 Å². The van der Waals surface area contributed by atoms with Crippen molar-refractivity contribution in [2.45, 2.75) is 0 Å². The number of rotatable bonds is 0. The fraction of sp³-hybridized carbons (Fsp3) is 0. The molecule has 0 aromatic heterocycles. The van der Waals surface area contributed by atoms with Crippen LogP contribution in [0.2, 0.25) is 0 Å². The van der Waals surface area contributed by atoms with Crippen molar-refractivity contribution in [3.8, 4) is 0 Å². The summed E-state index contributed by atoms with van der Waals surface area (Å²) in [6.45, 7) is 0. The van der Waals surface area contributed by atoms with Crippen LogP contribution >= 0.6 is 0 Å². The van der Waals surface area contributed by atoms with Gasteiger partial charge in [0.2, 0.25) is 0 Å². The van der Waals surface area contributed by atoms with Gasteiger partial charge in [0.1, 0.15) is 0 Å². The van der Waals surface area contributed by atoms with Crippen molar-refractivity contribution >= 4 is 23.1 Å². The molecule has 0 amide bonds. The third-order valence-corrected chi connectivity index (χ3v) is 0. The van der Waals surface area contributed by atoms with Crippen LogP contribution in [0, 0.1) is 30.6 Å². The number of hydrogen-bond donors (Lipinski definition) is 0. The van der Waals surface area contributed by atoms with Crippen LogP contribution in [-0.4, -0.2) is 33.2 Å². The van der Waals surface area contributed by atoms with Crippen LogP contribution in [0.5, 0.6) is 0 Å². The van der Waals surface area contributed by atoms with E-state index in [1.54, 1.807) is 0 Å². The van der Waals surface area contributed by atoms with Gasteiger partial charge in [-0.2, -0.15) is 0 Å². The second-order valence-electron chi connectivity index (χ2n) is 0.447. The second-order valence-corrected chi connectivity index (χ2v) is 0.447. The Hall–Kier alpha value is -0.210. The number of hydrogen-bond acceptors (Lipinski definition) is 6. The van der Waals surface area contributed by atoms with E-state index in [9.17, 15) is 0 Å². The van der Waals surface area contributed by atoms with Crippen LogP contribution in [-0.2, 0) is 19.5 Å². The minimum atomic E-state index is -1.75. The second kappa shape index (κ2) is 15.9. The van der Waals surface area contributed by atoms with Crippen molar-refractivity contribution in [3.63, 3.8) is 0 Å². The maximum absolute atomic E-state index is 8.25. The van der Waals surface area contributed by atoms with Crippen LogP contribution in [0.1, 0.15) is 0 Å². The van der Waals surface area contributed by atoms with Gasteiger partial charge in [0.15, 0.2) is 0 Å². The molecule has 0 bridgehead atoms. The smallest absolute Gasteiger partial charge is 0.356 e. The molecule has 50 valence electrons. The fourth-order valence-electron chi connectivity index (χ4n) is 0. The van der Waals surface area contributed by atoms with Gasteiger partial charge < -0.3 is 30.6 Å². The Balaban J connectivity index is -0.0000000300. The van der Waals surface area contributed by atoms with Gasteiger partial charge in [-0.15, -0.1) is 0 Å². The van der Waals surface area contributed by atoms with Gasteiger partial charge in [-0.1, -0.05) is 0 Å². The van der Waals surface area contributed by atoms with Gasteiger partial charge in [0.05, 0.1) is 10.2 Å². The summed E-state index contributed by atoms with van der Waals surface area (Å²) in [5.41, 5.74) is 0. The van der Waals surface area contributed by atoms with E-state index in [4.69, 9.17) is 30.6 Å². The van der Waals surface area contributed by atoms with Crippen molar-refractivity contribution < 1.29 is 29.7 Å². The molecule has 0 radical (unpaired) electrons. The van der Waals surface area contributed by atoms with Crippen LogP contribution in [0.4, 0.5) is 0 Å².